The Balaban J connectivity index is 2.02. The zero-order valence-electron chi connectivity index (χ0n) is 14.0. The molecule has 2 rings (SSSR count). The maximum absolute atomic E-state index is 12.7. The standard InChI is InChI=1S/C17H25N3O3/c1-4-23-16-6-5-14(11-15(16)18)17(22)12(2)19-7-9-20(10-8-19)13(3)21/h5-6,11-12H,4,7-10,18H2,1-3H3. The molecule has 0 bridgehead atoms. The van der Waals surface area contributed by atoms with Crippen molar-refractivity contribution in [3.8, 4) is 5.75 Å². The average molecular weight is 319 g/mol. The number of nitrogens with zero attached hydrogens (tertiary/aromatic N) is 2. The first-order valence-electron chi connectivity index (χ1n) is 8.00. The summed E-state index contributed by atoms with van der Waals surface area (Å²) in [5.74, 6) is 0.728. The number of rotatable bonds is 5. The van der Waals surface area contributed by atoms with Gasteiger partial charge in [0.1, 0.15) is 5.75 Å². The van der Waals surface area contributed by atoms with Gasteiger partial charge in [-0.25, -0.2) is 0 Å². The van der Waals surface area contributed by atoms with E-state index in [0.717, 1.165) is 0 Å². The van der Waals surface area contributed by atoms with Crippen LogP contribution in [0, 0.1) is 0 Å². The van der Waals surface area contributed by atoms with Gasteiger partial charge in [-0.15, -0.1) is 0 Å². The monoisotopic (exact) mass is 319 g/mol. The molecule has 2 N–H and O–H groups in total. The molecule has 0 saturated carbocycles. The van der Waals surface area contributed by atoms with Crippen LogP contribution in [-0.4, -0.2) is 60.3 Å². The molecule has 126 valence electrons. The quantitative estimate of drug-likeness (QED) is 0.656. The van der Waals surface area contributed by atoms with Gasteiger partial charge >= 0.3 is 0 Å². The third-order valence-corrected chi connectivity index (χ3v) is 4.28. The van der Waals surface area contributed by atoms with E-state index in [1.807, 2.05) is 18.7 Å². The Morgan fingerprint density at radius 3 is 2.43 bits per heavy atom. The van der Waals surface area contributed by atoms with E-state index in [0.29, 0.717) is 49.8 Å². The van der Waals surface area contributed by atoms with Crippen LogP contribution in [0.25, 0.3) is 0 Å². The lowest BCUT2D eigenvalue weighted by Gasteiger charge is -2.37. The molecule has 0 aromatic heterocycles. The van der Waals surface area contributed by atoms with Crippen LogP contribution in [0.15, 0.2) is 18.2 Å². The number of amides is 1. The Morgan fingerprint density at radius 2 is 1.91 bits per heavy atom. The summed E-state index contributed by atoms with van der Waals surface area (Å²) in [6.07, 6.45) is 0. The fourth-order valence-corrected chi connectivity index (χ4v) is 2.82. The Labute approximate surface area is 137 Å². The molecule has 1 fully saturated rings. The van der Waals surface area contributed by atoms with Gasteiger partial charge in [-0.05, 0) is 32.0 Å². The minimum atomic E-state index is -0.235. The summed E-state index contributed by atoms with van der Waals surface area (Å²) in [7, 11) is 0. The van der Waals surface area contributed by atoms with E-state index in [9.17, 15) is 9.59 Å². The fraction of sp³-hybridized carbons (Fsp3) is 0.529. The molecule has 6 nitrogen and oxygen atoms in total. The van der Waals surface area contributed by atoms with Crippen molar-refractivity contribution in [2.75, 3.05) is 38.5 Å². The zero-order chi connectivity index (χ0) is 17.0. The molecule has 1 aromatic carbocycles. The summed E-state index contributed by atoms with van der Waals surface area (Å²) in [5.41, 5.74) is 7.01. The number of piperazine rings is 1. The van der Waals surface area contributed by atoms with Gasteiger partial charge in [-0.3, -0.25) is 14.5 Å². The Kier molecular flexibility index (Phi) is 5.60. The van der Waals surface area contributed by atoms with E-state index in [1.54, 1.807) is 25.1 Å². The first-order valence-corrected chi connectivity index (χ1v) is 8.00. The number of ether oxygens (including phenoxy) is 1. The maximum Gasteiger partial charge on any atom is 0.219 e. The SMILES string of the molecule is CCOc1ccc(C(=O)C(C)N2CCN(C(C)=O)CC2)cc1N. The number of ketones is 1. The van der Waals surface area contributed by atoms with Gasteiger partial charge < -0.3 is 15.4 Å². The molecule has 1 atom stereocenters. The summed E-state index contributed by atoms with van der Waals surface area (Å²) in [5, 5.41) is 0. The number of nitrogens with two attached hydrogens (primary N) is 1. The summed E-state index contributed by atoms with van der Waals surface area (Å²) >= 11 is 0. The number of hydrogen-bond acceptors (Lipinski definition) is 5. The largest absolute Gasteiger partial charge is 0.492 e. The van der Waals surface area contributed by atoms with E-state index in [2.05, 4.69) is 4.90 Å². The zero-order valence-corrected chi connectivity index (χ0v) is 14.0. The second-order valence-corrected chi connectivity index (χ2v) is 5.77. The molecule has 23 heavy (non-hydrogen) atoms. The molecular weight excluding hydrogens is 294 g/mol. The smallest absolute Gasteiger partial charge is 0.219 e. The van der Waals surface area contributed by atoms with E-state index >= 15 is 0 Å². The number of Topliss-reactive ketones (excluding diaryl/α,β-unsaturated/α-hetero) is 1. The van der Waals surface area contributed by atoms with Crippen molar-refractivity contribution < 1.29 is 14.3 Å². The molecule has 1 saturated heterocycles. The molecule has 6 heteroatoms. The topological polar surface area (TPSA) is 75.9 Å². The second kappa shape index (κ2) is 7.46. The normalized spacial score (nSPS) is 16.9. The maximum atomic E-state index is 12.7. The predicted molar refractivity (Wildman–Crippen MR) is 89.6 cm³/mol. The molecule has 1 unspecified atom stereocenters. The van der Waals surface area contributed by atoms with Crippen molar-refractivity contribution in [1.29, 1.82) is 0 Å². The van der Waals surface area contributed by atoms with Crippen molar-refractivity contribution in [1.82, 2.24) is 9.80 Å². The lowest BCUT2D eigenvalue weighted by Crippen LogP contribution is -2.52. The van der Waals surface area contributed by atoms with E-state index in [4.69, 9.17) is 10.5 Å². The highest BCUT2D eigenvalue weighted by Gasteiger charge is 2.27. The van der Waals surface area contributed by atoms with Gasteiger partial charge in [0.25, 0.3) is 0 Å². The van der Waals surface area contributed by atoms with Crippen molar-refractivity contribution in [3.63, 3.8) is 0 Å². The molecule has 0 aliphatic carbocycles. The van der Waals surface area contributed by atoms with Crippen molar-refractivity contribution in [2.45, 2.75) is 26.8 Å². The van der Waals surface area contributed by atoms with Crippen molar-refractivity contribution >= 4 is 17.4 Å². The van der Waals surface area contributed by atoms with Crippen LogP contribution in [0.5, 0.6) is 5.75 Å². The Morgan fingerprint density at radius 1 is 1.26 bits per heavy atom. The van der Waals surface area contributed by atoms with Gasteiger partial charge in [0.15, 0.2) is 5.78 Å². The van der Waals surface area contributed by atoms with Crippen LogP contribution in [-0.2, 0) is 4.79 Å². The first-order chi connectivity index (χ1) is 10.9. The molecule has 1 heterocycles. The van der Waals surface area contributed by atoms with Crippen LogP contribution in [0.4, 0.5) is 5.69 Å². The van der Waals surface area contributed by atoms with Crippen LogP contribution >= 0.6 is 0 Å². The van der Waals surface area contributed by atoms with E-state index in [1.165, 1.54) is 0 Å². The molecule has 1 amide bonds. The number of carbonyl (C=O) groups is 2. The molecular formula is C17H25N3O3. The minimum Gasteiger partial charge on any atom is -0.492 e. The van der Waals surface area contributed by atoms with Gasteiger partial charge in [0.05, 0.1) is 18.3 Å². The summed E-state index contributed by atoms with van der Waals surface area (Å²) < 4.78 is 5.40. The first kappa shape index (κ1) is 17.3. The lowest BCUT2D eigenvalue weighted by molar-refractivity contribution is -0.130. The Hall–Kier alpha value is -2.08. The summed E-state index contributed by atoms with van der Waals surface area (Å²) in [6.45, 7) is 8.65. The molecule has 0 spiro atoms. The van der Waals surface area contributed by atoms with Crippen LogP contribution in [0.1, 0.15) is 31.1 Å². The number of anilines is 1. The number of carbonyl (C=O) groups excluding carboxylic acids is 2. The fourth-order valence-electron chi connectivity index (χ4n) is 2.82. The van der Waals surface area contributed by atoms with E-state index in [-0.39, 0.29) is 17.7 Å². The highest BCUT2D eigenvalue weighted by molar-refractivity contribution is 6.00. The number of nitrogen functional groups attached to an aromatic ring is 1. The number of benzene rings is 1. The third-order valence-electron chi connectivity index (χ3n) is 4.28. The molecule has 1 aliphatic rings. The van der Waals surface area contributed by atoms with Crippen LogP contribution in [0.2, 0.25) is 0 Å². The van der Waals surface area contributed by atoms with Crippen molar-refractivity contribution in [3.05, 3.63) is 23.8 Å². The van der Waals surface area contributed by atoms with Gasteiger partial charge in [-0.2, -0.15) is 0 Å². The second-order valence-electron chi connectivity index (χ2n) is 5.77. The van der Waals surface area contributed by atoms with Crippen LogP contribution in [0.3, 0.4) is 0 Å². The van der Waals surface area contributed by atoms with E-state index < -0.39 is 0 Å². The minimum absolute atomic E-state index is 0.0380. The highest BCUT2D eigenvalue weighted by Crippen LogP contribution is 2.24. The summed E-state index contributed by atoms with van der Waals surface area (Å²) in [6, 6.07) is 4.94. The average Bonchev–Trinajstić information content (AvgIpc) is 2.55. The number of hydrogen-bond donors (Lipinski definition) is 1. The predicted octanol–water partition coefficient (Wildman–Crippen LogP) is 1.40. The van der Waals surface area contributed by atoms with Crippen LogP contribution < -0.4 is 10.5 Å². The van der Waals surface area contributed by atoms with Gasteiger partial charge in [0, 0.05) is 38.7 Å². The van der Waals surface area contributed by atoms with Gasteiger partial charge in [-0.1, -0.05) is 0 Å². The third kappa shape index (κ3) is 4.01. The molecule has 1 aliphatic heterocycles. The lowest BCUT2D eigenvalue weighted by atomic mass is 10.0. The molecule has 1 aromatic rings. The van der Waals surface area contributed by atoms with Crippen molar-refractivity contribution in [2.24, 2.45) is 0 Å². The van der Waals surface area contributed by atoms with Gasteiger partial charge in [0.2, 0.25) is 5.91 Å². The molecule has 0 radical (unpaired) electrons. The highest BCUT2D eigenvalue weighted by atomic mass is 16.5. The summed E-state index contributed by atoms with van der Waals surface area (Å²) in [4.78, 5) is 27.9. The Bertz CT molecular complexity index is 580.